The molecule has 2 aliphatic rings. The molecule has 0 aromatic carbocycles. The number of anilines is 2. The van der Waals surface area contributed by atoms with Crippen molar-refractivity contribution in [1.82, 2.24) is 14.9 Å². The minimum Gasteiger partial charge on any atom is -0.376 e. The van der Waals surface area contributed by atoms with Crippen LogP contribution in [-0.4, -0.2) is 48.1 Å². The second-order valence-electron chi connectivity index (χ2n) is 7.64. The topological polar surface area (TPSA) is 61.4 Å². The highest BCUT2D eigenvalue weighted by atomic mass is 32.1. The molecule has 7 heteroatoms. The number of urea groups is 1. The van der Waals surface area contributed by atoms with Crippen molar-refractivity contribution in [2.75, 3.05) is 37.4 Å². The number of carbonyl (C=O) groups excluding carboxylic acids is 1. The van der Waals surface area contributed by atoms with Crippen molar-refractivity contribution in [2.45, 2.75) is 44.4 Å². The fourth-order valence-electron chi connectivity index (χ4n) is 3.82. The number of likely N-dealkylation sites (tertiary alicyclic amines) is 1. The number of thiazole rings is 1. The largest absolute Gasteiger partial charge is 0.376 e. The van der Waals surface area contributed by atoms with Gasteiger partial charge >= 0.3 is 6.03 Å². The summed E-state index contributed by atoms with van der Waals surface area (Å²) in [6.07, 6.45) is 8.76. The van der Waals surface area contributed by atoms with Crippen LogP contribution in [0.5, 0.6) is 0 Å². The number of piperidine rings is 1. The van der Waals surface area contributed by atoms with E-state index >= 15 is 0 Å². The standard InChI is InChI=1S/C20H27N5OS/c1-24(2)15-9-10-18(21-12-15)23-20(26)25-11-5-6-14(13-25)19-22-16-7-3-4-8-17(16)27-19/h9-10,12,14H,3-8,11,13H2,1-2H3,(H,21,23,26). The van der Waals surface area contributed by atoms with Gasteiger partial charge < -0.3 is 9.80 Å². The Morgan fingerprint density at radius 3 is 2.85 bits per heavy atom. The van der Waals surface area contributed by atoms with Gasteiger partial charge in [-0.15, -0.1) is 11.3 Å². The third-order valence-electron chi connectivity index (χ3n) is 5.42. The van der Waals surface area contributed by atoms with Gasteiger partial charge in [-0.2, -0.15) is 0 Å². The smallest absolute Gasteiger partial charge is 0.323 e. The molecule has 1 unspecified atom stereocenters. The van der Waals surface area contributed by atoms with E-state index in [1.165, 1.54) is 34.8 Å². The van der Waals surface area contributed by atoms with E-state index in [-0.39, 0.29) is 6.03 Å². The van der Waals surface area contributed by atoms with Crippen LogP contribution >= 0.6 is 11.3 Å². The molecule has 0 bridgehead atoms. The lowest BCUT2D eigenvalue weighted by Gasteiger charge is -2.31. The average Bonchev–Trinajstić information content (AvgIpc) is 3.13. The quantitative estimate of drug-likeness (QED) is 0.871. The maximum atomic E-state index is 12.7. The summed E-state index contributed by atoms with van der Waals surface area (Å²) in [5.41, 5.74) is 2.33. The Morgan fingerprint density at radius 2 is 2.11 bits per heavy atom. The van der Waals surface area contributed by atoms with Crippen molar-refractivity contribution < 1.29 is 4.79 Å². The number of pyridine rings is 1. The van der Waals surface area contributed by atoms with Crippen molar-refractivity contribution in [3.05, 3.63) is 33.9 Å². The molecule has 3 heterocycles. The highest BCUT2D eigenvalue weighted by molar-refractivity contribution is 7.11. The van der Waals surface area contributed by atoms with Crippen LogP contribution in [0.3, 0.4) is 0 Å². The molecule has 1 aliphatic carbocycles. The van der Waals surface area contributed by atoms with E-state index < -0.39 is 0 Å². The Bertz CT molecular complexity index is 778. The Kier molecular flexibility index (Phi) is 5.29. The van der Waals surface area contributed by atoms with E-state index in [4.69, 9.17) is 4.98 Å². The summed E-state index contributed by atoms with van der Waals surface area (Å²) in [6.45, 7) is 1.54. The first-order valence-electron chi connectivity index (χ1n) is 9.78. The molecule has 2 aromatic heterocycles. The Labute approximate surface area is 164 Å². The zero-order chi connectivity index (χ0) is 18.8. The number of aromatic nitrogens is 2. The van der Waals surface area contributed by atoms with E-state index in [1.54, 1.807) is 6.20 Å². The minimum absolute atomic E-state index is 0.0638. The monoisotopic (exact) mass is 385 g/mol. The maximum Gasteiger partial charge on any atom is 0.323 e. The summed E-state index contributed by atoms with van der Waals surface area (Å²) in [5, 5.41) is 4.17. The molecule has 4 rings (SSSR count). The van der Waals surface area contributed by atoms with Crippen LogP contribution in [0.2, 0.25) is 0 Å². The van der Waals surface area contributed by atoms with Crippen LogP contribution in [0.1, 0.15) is 47.2 Å². The minimum atomic E-state index is -0.0638. The molecule has 0 spiro atoms. The Balaban J connectivity index is 1.40. The summed E-state index contributed by atoms with van der Waals surface area (Å²) >= 11 is 1.88. The molecule has 6 nitrogen and oxygen atoms in total. The molecule has 1 aliphatic heterocycles. The third kappa shape index (κ3) is 4.08. The molecule has 27 heavy (non-hydrogen) atoms. The lowest BCUT2D eigenvalue weighted by molar-refractivity contribution is 0.192. The lowest BCUT2D eigenvalue weighted by Crippen LogP contribution is -2.41. The van der Waals surface area contributed by atoms with E-state index in [9.17, 15) is 4.79 Å². The molecule has 0 radical (unpaired) electrons. The van der Waals surface area contributed by atoms with E-state index in [1.807, 2.05) is 47.4 Å². The van der Waals surface area contributed by atoms with Gasteiger partial charge in [0.25, 0.3) is 0 Å². The van der Waals surface area contributed by atoms with Gasteiger partial charge in [-0.3, -0.25) is 5.32 Å². The van der Waals surface area contributed by atoms with Gasteiger partial charge in [0.2, 0.25) is 0 Å². The first-order chi connectivity index (χ1) is 13.1. The molecule has 144 valence electrons. The van der Waals surface area contributed by atoms with Gasteiger partial charge in [-0.25, -0.2) is 14.8 Å². The van der Waals surface area contributed by atoms with Crippen LogP contribution in [0.25, 0.3) is 0 Å². The molecule has 1 atom stereocenters. The van der Waals surface area contributed by atoms with Gasteiger partial charge in [0.15, 0.2) is 0 Å². The molecule has 2 amide bonds. The van der Waals surface area contributed by atoms with Crippen molar-refractivity contribution in [3.63, 3.8) is 0 Å². The van der Waals surface area contributed by atoms with E-state index in [0.717, 1.165) is 38.0 Å². The highest BCUT2D eigenvalue weighted by Crippen LogP contribution is 2.34. The Hall–Kier alpha value is -2.15. The average molecular weight is 386 g/mol. The SMILES string of the molecule is CN(C)c1ccc(NC(=O)N2CCCC(c3nc4c(s3)CCCC4)C2)nc1. The summed E-state index contributed by atoms with van der Waals surface area (Å²) in [5.74, 6) is 0.960. The number of rotatable bonds is 3. The predicted molar refractivity (Wildman–Crippen MR) is 110 cm³/mol. The van der Waals surface area contributed by atoms with Crippen LogP contribution in [0.4, 0.5) is 16.3 Å². The van der Waals surface area contributed by atoms with Gasteiger partial charge in [-0.05, 0) is 50.7 Å². The molecular formula is C20H27N5OS. The van der Waals surface area contributed by atoms with Gasteiger partial charge in [-0.1, -0.05) is 0 Å². The number of aryl methyl sites for hydroxylation is 2. The summed E-state index contributed by atoms with van der Waals surface area (Å²) in [7, 11) is 3.94. The number of amides is 2. The number of hydrogen-bond donors (Lipinski definition) is 1. The number of hydrogen-bond acceptors (Lipinski definition) is 5. The molecule has 1 fully saturated rings. The molecule has 1 saturated heterocycles. The molecular weight excluding hydrogens is 358 g/mol. The lowest BCUT2D eigenvalue weighted by atomic mass is 9.98. The zero-order valence-corrected chi connectivity index (χ0v) is 16.9. The van der Waals surface area contributed by atoms with Gasteiger partial charge in [0.1, 0.15) is 5.82 Å². The number of nitrogens with one attached hydrogen (secondary N) is 1. The Morgan fingerprint density at radius 1 is 1.26 bits per heavy atom. The molecule has 0 saturated carbocycles. The maximum absolute atomic E-state index is 12.7. The number of nitrogens with zero attached hydrogens (tertiary/aromatic N) is 4. The van der Waals surface area contributed by atoms with Crippen molar-refractivity contribution in [1.29, 1.82) is 0 Å². The van der Waals surface area contributed by atoms with E-state index in [2.05, 4.69) is 10.3 Å². The highest BCUT2D eigenvalue weighted by Gasteiger charge is 2.28. The molecule has 1 N–H and O–H groups in total. The first-order valence-corrected chi connectivity index (χ1v) is 10.6. The summed E-state index contributed by atoms with van der Waals surface area (Å²) in [4.78, 5) is 27.3. The van der Waals surface area contributed by atoms with Crippen LogP contribution in [0, 0.1) is 0 Å². The van der Waals surface area contributed by atoms with Crippen molar-refractivity contribution in [2.24, 2.45) is 0 Å². The first kappa shape index (κ1) is 18.2. The zero-order valence-electron chi connectivity index (χ0n) is 16.1. The van der Waals surface area contributed by atoms with Crippen LogP contribution in [-0.2, 0) is 12.8 Å². The predicted octanol–water partition coefficient (Wildman–Crippen LogP) is 3.89. The summed E-state index contributed by atoms with van der Waals surface area (Å²) in [6, 6.07) is 3.75. The number of fused-ring (bicyclic) bond motifs is 1. The summed E-state index contributed by atoms with van der Waals surface area (Å²) < 4.78 is 0. The van der Waals surface area contributed by atoms with Crippen molar-refractivity contribution in [3.8, 4) is 0 Å². The normalized spacial score (nSPS) is 19.5. The van der Waals surface area contributed by atoms with Crippen molar-refractivity contribution >= 4 is 28.9 Å². The fourth-order valence-corrected chi connectivity index (χ4v) is 5.10. The third-order valence-corrected chi connectivity index (χ3v) is 6.74. The molecule has 2 aromatic rings. The second kappa shape index (κ2) is 7.84. The van der Waals surface area contributed by atoms with E-state index in [0.29, 0.717) is 11.7 Å². The fraction of sp³-hybridized carbons (Fsp3) is 0.550. The second-order valence-corrected chi connectivity index (χ2v) is 8.76. The number of carbonyl (C=O) groups is 1. The van der Waals surface area contributed by atoms with Crippen LogP contribution < -0.4 is 10.2 Å². The van der Waals surface area contributed by atoms with Gasteiger partial charge in [0.05, 0.1) is 22.6 Å². The van der Waals surface area contributed by atoms with Gasteiger partial charge in [0, 0.05) is 38.0 Å². The van der Waals surface area contributed by atoms with Crippen LogP contribution in [0.15, 0.2) is 18.3 Å².